The molecule has 1 rings (SSSR count). The molecular formula is C8H12N2O4S. The van der Waals surface area contributed by atoms with Gasteiger partial charge in [-0.2, -0.15) is 0 Å². The highest BCUT2D eigenvalue weighted by atomic mass is 32.2. The summed E-state index contributed by atoms with van der Waals surface area (Å²) in [5, 5.41) is 11.1. The lowest BCUT2D eigenvalue weighted by Gasteiger charge is -1.90. The Morgan fingerprint density at radius 2 is 2.07 bits per heavy atom. The Morgan fingerprint density at radius 1 is 1.53 bits per heavy atom. The number of aryl methyl sites for hydroxylation is 1. The van der Waals surface area contributed by atoms with Gasteiger partial charge in [-0.05, 0) is 6.07 Å². The molecule has 0 atom stereocenters. The molecule has 0 aliphatic rings. The zero-order valence-corrected chi connectivity index (χ0v) is 9.18. The maximum atomic E-state index is 9.08. The SMILES string of the molecule is CS(=O)(=O)[O-].C[n+]1ccccc1/C=N/O. The van der Waals surface area contributed by atoms with E-state index in [-0.39, 0.29) is 0 Å². The van der Waals surface area contributed by atoms with Crippen molar-refractivity contribution in [3.63, 3.8) is 0 Å². The summed E-state index contributed by atoms with van der Waals surface area (Å²) in [6.07, 6.45) is 3.88. The van der Waals surface area contributed by atoms with Crippen molar-refractivity contribution in [1.82, 2.24) is 0 Å². The average molecular weight is 232 g/mol. The Morgan fingerprint density at radius 3 is 2.47 bits per heavy atom. The lowest BCUT2D eigenvalue weighted by Crippen LogP contribution is -2.32. The van der Waals surface area contributed by atoms with Crippen LogP contribution in [0.2, 0.25) is 0 Å². The van der Waals surface area contributed by atoms with Crippen LogP contribution in [0.15, 0.2) is 29.6 Å². The van der Waals surface area contributed by atoms with Gasteiger partial charge in [0.25, 0.3) is 0 Å². The minimum Gasteiger partial charge on any atom is -0.748 e. The van der Waals surface area contributed by atoms with Crippen LogP contribution in [0, 0.1) is 0 Å². The summed E-state index contributed by atoms with van der Waals surface area (Å²) in [5.41, 5.74) is 0.866. The number of aromatic nitrogens is 1. The van der Waals surface area contributed by atoms with E-state index in [1.165, 1.54) is 6.21 Å². The van der Waals surface area contributed by atoms with E-state index in [0.717, 1.165) is 5.69 Å². The zero-order chi connectivity index (χ0) is 11.9. The fourth-order valence-electron chi connectivity index (χ4n) is 0.730. The van der Waals surface area contributed by atoms with Gasteiger partial charge in [-0.25, -0.2) is 13.0 Å². The molecular weight excluding hydrogens is 220 g/mol. The van der Waals surface area contributed by atoms with E-state index in [9.17, 15) is 0 Å². The zero-order valence-electron chi connectivity index (χ0n) is 8.36. The second-order valence-corrected chi connectivity index (χ2v) is 4.09. The van der Waals surface area contributed by atoms with Crippen LogP contribution in [0.1, 0.15) is 5.69 Å². The maximum Gasteiger partial charge on any atom is 0.226 e. The van der Waals surface area contributed by atoms with Crippen LogP contribution in [0.4, 0.5) is 0 Å². The molecule has 0 spiro atoms. The molecule has 1 aromatic heterocycles. The van der Waals surface area contributed by atoms with Crippen molar-refractivity contribution < 1.29 is 22.7 Å². The first-order chi connectivity index (χ1) is 6.84. The predicted molar refractivity (Wildman–Crippen MR) is 52.6 cm³/mol. The smallest absolute Gasteiger partial charge is 0.226 e. The molecule has 84 valence electrons. The van der Waals surface area contributed by atoms with Gasteiger partial charge in [0.15, 0.2) is 6.20 Å². The van der Waals surface area contributed by atoms with Crippen LogP contribution in [0.3, 0.4) is 0 Å². The summed E-state index contributed by atoms with van der Waals surface area (Å²) in [4.78, 5) is 0. The summed E-state index contributed by atoms with van der Waals surface area (Å²) in [6, 6.07) is 5.66. The van der Waals surface area contributed by atoms with Crippen molar-refractivity contribution in [2.24, 2.45) is 12.2 Å². The molecule has 0 saturated carbocycles. The van der Waals surface area contributed by atoms with Crippen LogP contribution < -0.4 is 4.57 Å². The predicted octanol–water partition coefficient (Wildman–Crippen LogP) is -0.519. The lowest BCUT2D eigenvalue weighted by atomic mass is 10.4. The van der Waals surface area contributed by atoms with Crippen molar-refractivity contribution in [2.75, 3.05) is 6.26 Å². The molecule has 0 fully saturated rings. The molecule has 15 heavy (non-hydrogen) atoms. The maximum absolute atomic E-state index is 9.08. The van der Waals surface area contributed by atoms with Gasteiger partial charge in [-0.3, -0.25) is 0 Å². The summed E-state index contributed by atoms with van der Waals surface area (Å²) in [6.45, 7) is 0. The Balaban J connectivity index is 0.000000336. The first-order valence-corrected chi connectivity index (χ1v) is 5.69. The second-order valence-electron chi connectivity index (χ2n) is 2.69. The van der Waals surface area contributed by atoms with Crippen LogP contribution in [-0.4, -0.2) is 30.6 Å². The van der Waals surface area contributed by atoms with E-state index >= 15 is 0 Å². The third-order valence-corrected chi connectivity index (χ3v) is 1.29. The van der Waals surface area contributed by atoms with Crippen LogP contribution >= 0.6 is 0 Å². The molecule has 0 saturated heterocycles. The van der Waals surface area contributed by atoms with Crippen molar-refractivity contribution in [2.45, 2.75) is 0 Å². The van der Waals surface area contributed by atoms with Gasteiger partial charge in [0.05, 0.1) is 10.1 Å². The number of oxime groups is 1. The molecule has 1 heterocycles. The molecule has 6 nitrogen and oxygen atoms in total. The third kappa shape index (κ3) is 8.85. The van der Waals surface area contributed by atoms with E-state index < -0.39 is 10.1 Å². The topological polar surface area (TPSA) is 93.7 Å². The fraction of sp³-hybridized carbons (Fsp3) is 0.250. The number of rotatable bonds is 1. The molecule has 1 aromatic rings. The quantitative estimate of drug-likeness (QED) is 0.232. The molecule has 1 N–H and O–H groups in total. The molecule has 0 radical (unpaired) electrons. The van der Waals surface area contributed by atoms with Gasteiger partial charge < -0.3 is 9.76 Å². The van der Waals surface area contributed by atoms with Crippen LogP contribution in [0.5, 0.6) is 0 Å². The molecule has 0 unspecified atom stereocenters. The minimum absolute atomic E-state index is 0.604. The van der Waals surface area contributed by atoms with Crippen LogP contribution in [0.25, 0.3) is 0 Å². The summed E-state index contributed by atoms with van der Waals surface area (Å²) < 4.78 is 29.1. The normalized spacial score (nSPS) is 10.9. The Hall–Kier alpha value is -1.47. The number of nitrogens with zero attached hydrogens (tertiary/aromatic N) is 2. The Labute approximate surface area is 88.2 Å². The number of hydrogen-bond donors (Lipinski definition) is 1. The minimum atomic E-state index is -3.92. The van der Waals surface area contributed by atoms with Gasteiger partial charge >= 0.3 is 0 Å². The molecule has 7 heteroatoms. The van der Waals surface area contributed by atoms with E-state index in [1.54, 1.807) is 0 Å². The van der Waals surface area contributed by atoms with Crippen molar-refractivity contribution in [3.8, 4) is 0 Å². The van der Waals surface area contributed by atoms with Gasteiger partial charge in [0, 0.05) is 18.4 Å². The van der Waals surface area contributed by atoms with E-state index in [1.807, 2.05) is 36.0 Å². The summed E-state index contributed by atoms with van der Waals surface area (Å²) in [7, 11) is -2.03. The van der Waals surface area contributed by atoms with Crippen LogP contribution in [-0.2, 0) is 17.2 Å². The molecule has 0 aromatic carbocycles. The first kappa shape index (κ1) is 13.5. The number of hydrogen-bond acceptors (Lipinski definition) is 5. The lowest BCUT2D eigenvalue weighted by molar-refractivity contribution is -0.672. The highest BCUT2D eigenvalue weighted by Crippen LogP contribution is 1.84. The standard InChI is InChI=1S/C7H8N2O.CH4O3S/c1-9-5-3-2-4-7(9)6-8-10;1-5(2,3)4/h2-6H,1H3;1H3,(H,2,3,4). The first-order valence-electron chi connectivity index (χ1n) is 3.87. The van der Waals surface area contributed by atoms with Crippen molar-refractivity contribution in [1.29, 1.82) is 0 Å². The largest absolute Gasteiger partial charge is 0.748 e. The Kier molecular flexibility index (Phi) is 5.50. The van der Waals surface area contributed by atoms with E-state index in [4.69, 9.17) is 18.2 Å². The molecule has 0 bridgehead atoms. The average Bonchev–Trinajstić information content (AvgIpc) is 2.06. The van der Waals surface area contributed by atoms with Crippen molar-refractivity contribution >= 4 is 16.3 Å². The van der Waals surface area contributed by atoms with Gasteiger partial charge in [-0.15, -0.1) is 0 Å². The van der Waals surface area contributed by atoms with Gasteiger partial charge in [-0.1, -0.05) is 5.16 Å². The summed E-state index contributed by atoms with van der Waals surface area (Å²) in [5.74, 6) is 0. The third-order valence-electron chi connectivity index (χ3n) is 1.29. The van der Waals surface area contributed by atoms with E-state index in [2.05, 4.69) is 5.16 Å². The molecule has 0 amide bonds. The van der Waals surface area contributed by atoms with Crippen molar-refractivity contribution in [3.05, 3.63) is 30.1 Å². The summed E-state index contributed by atoms with van der Waals surface area (Å²) >= 11 is 0. The Bertz CT molecular complexity index is 420. The fourth-order valence-corrected chi connectivity index (χ4v) is 0.730. The highest BCUT2D eigenvalue weighted by molar-refractivity contribution is 7.84. The van der Waals surface area contributed by atoms with E-state index in [0.29, 0.717) is 6.26 Å². The molecule has 0 aliphatic carbocycles. The second kappa shape index (κ2) is 6.10. The molecule has 0 aliphatic heterocycles. The monoisotopic (exact) mass is 232 g/mol. The van der Waals surface area contributed by atoms with Gasteiger partial charge in [0.2, 0.25) is 5.69 Å². The highest BCUT2D eigenvalue weighted by Gasteiger charge is 1.98. The number of pyridine rings is 1. The van der Waals surface area contributed by atoms with Gasteiger partial charge in [0.1, 0.15) is 13.3 Å².